The molecule has 1 aromatic carbocycles. The van der Waals surface area contributed by atoms with Crippen LogP contribution in [0.5, 0.6) is 0 Å². The maximum Gasteiger partial charge on any atom is 0.123 e. The number of aliphatic hydroxyl groups excluding tert-OH is 1. The molecule has 0 aliphatic carbocycles. The van der Waals surface area contributed by atoms with Crippen LogP contribution in [0.25, 0.3) is 0 Å². The number of benzene rings is 1. The number of ether oxygens (including phenoxy) is 1. The maximum atomic E-state index is 13.1. The Kier molecular flexibility index (Phi) is 5.43. The van der Waals surface area contributed by atoms with Crippen molar-refractivity contribution >= 4 is 0 Å². The third-order valence-corrected chi connectivity index (χ3v) is 2.42. The summed E-state index contributed by atoms with van der Waals surface area (Å²) in [5.74, 6) is -0.293. The van der Waals surface area contributed by atoms with Crippen LogP contribution in [0, 0.1) is 12.7 Å². The number of aliphatic hydroxyl groups is 1. The Hall–Kier alpha value is -0.930. The molecule has 0 saturated carbocycles. The van der Waals surface area contributed by atoms with Gasteiger partial charge in [-0.1, -0.05) is 6.07 Å². The van der Waals surface area contributed by atoms with E-state index < -0.39 is 6.10 Å². The summed E-state index contributed by atoms with van der Waals surface area (Å²) in [5.41, 5.74) is 1.48. The fourth-order valence-corrected chi connectivity index (χ4v) is 1.65. The van der Waals surface area contributed by atoms with Crippen LogP contribution in [-0.4, -0.2) is 18.3 Å². The molecule has 0 radical (unpaired) electrons. The standard InChI is InChI=1S/C13H19FO2/c1-3-16-6-4-5-13(15)11-7-10(2)8-12(14)9-11/h7-9,13,15H,3-6H2,1-2H3. The van der Waals surface area contributed by atoms with E-state index in [1.54, 1.807) is 0 Å². The molecule has 0 fully saturated rings. The summed E-state index contributed by atoms with van der Waals surface area (Å²) in [6, 6.07) is 4.66. The molecule has 1 unspecified atom stereocenters. The predicted octanol–water partition coefficient (Wildman–Crippen LogP) is 2.98. The van der Waals surface area contributed by atoms with Gasteiger partial charge in [0, 0.05) is 13.2 Å². The molecule has 16 heavy (non-hydrogen) atoms. The minimum Gasteiger partial charge on any atom is -0.388 e. The summed E-state index contributed by atoms with van der Waals surface area (Å²) in [5, 5.41) is 9.85. The zero-order valence-electron chi connectivity index (χ0n) is 9.87. The van der Waals surface area contributed by atoms with Crippen molar-refractivity contribution in [2.24, 2.45) is 0 Å². The molecule has 0 heterocycles. The van der Waals surface area contributed by atoms with E-state index >= 15 is 0 Å². The van der Waals surface area contributed by atoms with Crippen molar-refractivity contribution < 1.29 is 14.2 Å². The lowest BCUT2D eigenvalue weighted by atomic mass is 10.0. The summed E-state index contributed by atoms with van der Waals surface area (Å²) in [7, 11) is 0. The highest BCUT2D eigenvalue weighted by Crippen LogP contribution is 2.20. The lowest BCUT2D eigenvalue weighted by Crippen LogP contribution is -2.02. The SMILES string of the molecule is CCOCCCC(O)c1cc(C)cc(F)c1. The Labute approximate surface area is 96.1 Å². The molecule has 1 aromatic rings. The monoisotopic (exact) mass is 226 g/mol. The van der Waals surface area contributed by atoms with Gasteiger partial charge < -0.3 is 9.84 Å². The van der Waals surface area contributed by atoms with Crippen LogP contribution in [0.4, 0.5) is 4.39 Å². The molecule has 0 saturated heterocycles. The first kappa shape index (κ1) is 13.1. The van der Waals surface area contributed by atoms with Crippen molar-refractivity contribution in [2.45, 2.75) is 32.8 Å². The molecule has 0 spiro atoms. The van der Waals surface area contributed by atoms with Crippen molar-refractivity contribution in [1.29, 1.82) is 0 Å². The fourth-order valence-electron chi connectivity index (χ4n) is 1.65. The van der Waals surface area contributed by atoms with E-state index in [9.17, 15) is 9.50 Å². The first-order valence-electron chi connectivity index (χ1n) is 5.66. The first-order chi connectivity index (χ1) is 7.63. The van der Waals surface area contributed by atoms with Crippen LogP contribution >= 0.6 is 0 Å². The Bertz CT molecular complexity index is 305. The molecule has 2 nitrogen and oxygen atoms in total. The van der Waals surface area contributed by atoms with Gasteiger partial charge in [-0.2, -0.15) is 0 Å². The number of rotatable bonds is 6. The van der Waals surface area contributed by atoms with Gasteiger partial charge in [0.25, 0.3) is 0 Å². The predicted molar refractivity (Wildman–Crippen MR) is 61.8 cm³/mol. The Balaban J connectivity index is 2.48. The van der Waals surface area contributed by atoms with E-state index in [1.165, 1.54) is 12.1 Å². The van der Waals surface area contributed by atoms with E-state index in [0.29, 0.717) is 25.2 Å². The summed E-state index contributed by atoms with van der Waals surface area (Å²) < 4.78 is 18.3. The lowest BCUT2D eigenvalue weighted by Gasteiger charge is -2.11. The molecule has 1 N–H and O–H groups in total. The van der Waals surface area contributed by atoms with E-state index in [0.717, 1.165) is 12.0 Å². The normalized spacial score (nSPS) is 12.8. The Morgan fingerprint density at radius 1 is 1.38 bits per heavy atom. The second-order valence-corrected chi connectivity index (χ2v) is 3.92. The van der Waals surface area contributed by atoms with Gasteiger partial charge in [-0.15, -0.1) is 0 Å². The van der Waals surface area contributed by atoms with Crippen LogP contribution in [0.3, 0.4) is 0 Å². The van der Waals surface area contributed by atoms with Gasteiger partial charge >= 0.3 is 0 Å². The van der Waals surface area contributed by atoms with Crippen LogP contribution in [-0.2, 0) is 4.74 Å². The minimum absolute atomic E-state index is 0.293. The molecule has 0 amide bonds. The second kappa shape index (κ2) is 6.61. The summed E-state index contributed by atoms with van der Waals surface area (Å²) in [6.07, 6.45) is 0.780. The highest BCUT2D eigenvalue weighted by molar-refractivity contribution is 5.25. The number of halogens is 1. The van der Waals surface area contributed by atoms with Gasteiger partial charge in [0.05, 0.1) is 6.10 Å². The minimum atomic E-state index is -0.602. The molecular weight excluding hydrogens is 207 g/mol. The van der Waals surface area contributed by atoms with Crippen molar-refractivity contribution in [1.82, 2.24) is 0 Å². The van der Waals surface area contributed by atoms with Gasteiger partial charge in [0.15, 0.2) is 0 Å². The molecule has 3 heteroatoms. The van der Waals surface area contributed by atoms with E-state index in [1.807, 2.05) is 19.9 Å². The van der Waals surface area contributed by atoms with E-state index in [2.05, 4.69) is 0 Å². The third kappa shape index (κ3) is 4.29. The second-order valence-electron chi connectivity index (χ2n) is 3.92. The molecule has 1 atom stereocenters. The molecule has 0 aliphatic rings. The fraction of sp³-hybridized carbons (Fsp3) is 0.538. The van der Waals surface area contributed by atoms with Gasteiger partial charge in [-0.05, 0) is 49.9 Å². The number of hydrogen-bond acceptors (Lipinski definition) is 2. The zero-order chi connectivity index (χ0) is 12.0. The third-order valence-electron chi connectivity index (χ3n) is 2.42. The van der Waals surface area contributed by atoms with Gasteiger partial charge in [0.2, 0.25) is 0 Å². The smallest absolute Gasteiger partial charge is 0.123 e. The average Bonchev–Trinajstić information content (AvgIpc) is 2.22. The average molecular weight is 226 g/mol. The topological polar surface area (TPSA) is 29.5 Å². The number of hydrogen-bond donors (Lipinski definition) is 1. The van der Waals surface area contributed by atoms with Gasteiger partial charge in [-0.25, -0.2) is 4.39 Å². The number of aryl methyl sites for hydroxylation is 1. The quantitative estimate of drug-likeness (QED) is 0.756. The van der Waals surface area contributed by atoms with Crippen molar-refractivity contribution in [3.8, 4) is 0 Å². The zero-order valence-corrected chi connectivity index (χ0v) is 9.87. The van der Waals surface area contributed by atoms with Gasteiger partial charge in [-0.3, -0.25) is 0 Å². The molecule has 0 aromatic heterocycles. The molecular formula is C13H19FO2. The van der Waals surface area contributed by atoms with Crippen LogP contribution < -0.4 is 0 Å². The van der Waals surface area contributed by atoms with Crippen molar-refractivity contribution in [3.63, 3.8) is 0 Å². The maximum absolute atomic E-state index is 13.1. The highest BCUT2D eigenvalue weighted by atomic mass is 19.1. The van der Waals surface area contributed by atoms with Crippen LogP contribution in [0.15, 0.2) is 18.2 Å². The van der Waals surface area contributed by atoms with Crippen LogP contribution in [0.1, 0.15) is 37.0 Å². The molecule has 90 valence electrons. The molecule has 1 rings (SSSR count). The Morgan fingerprint density at radius 2 is 2.12 bits per heavy atom. The highest BCUT2D eigenvalue weighted by Gasteiger charge is 2.08. The van der Waals surface area contributed by atoms with Gasteiger partial charge in [0.1, 0.15) is 5.82 Å². The summed E-state index contributed by atoms with van der Waals surface area (Å²) in [6.45, 7) is 5.09. The largest absolute Gasteiger partial charge is 0.388 e. The summed E-state index contributed by atoms with van der Waals surface area (Å²) in [4.78, 5) is 0. The molecule has 0 bridgehead atoms. The van der Waals surface area contributed by atoms with Crippen molar-refractivity contribution in [2.75, 3.05) is 13.2 Å². The van der Waals surface area contributed by atoms with Crippen LogP contribution in [0.2, 0.25) is 0 Å². The first-order valence-corrected chi connectivity index (χ1v) is 5.66. The molecule has 0 aliphatic heterocycles. The van der Waals surface area contributed by atoms with Crippen molar-refractivity contribution in [3.05, 3.63) is 35.1 Å². The lowest BCUT2D eigenvalue weighted by molar-refractivity contribution is 0.114. The van der Waals surface area contributed by atoms with E-state index in [4.69, 9.17) is 4.74 Å². The van der Waals surface area contributed by atoms with E-state index in [-0.39, 0.29) is 5.82 Å². The summed E-state index contributed by atoms with van der Waals surface area (Å²) >= 11 is 0. The Morgan fingerprint density at radius 3 is 2.75 bits per heavy atom.